The van der Waals surface area contributed by atoms with Gasteiger partial charge in [-0.1, -0.05) is 25.1 Å². The Morgan fingerprint density at radius 3 is 2.35 bits per heavy atom. The van der Waals surface area contributed by atoms with Crippen molar-refractivity contribution >= 4 is 15.7 Å². The minimum Gasteiger partial charge on any atom is -0.343 e. The van der Waals surface area contributed by atoms with Crippen LogP contribution in [-0.4, -0.2) is 38.1 Å². The van der Waals surface area contributed by atoms with Crippen LogP contribution in [0.5, 0.6) is 0 Å². The monoisotopic (exact) mass is 295 g/mol. The Bertz CT molecular complexity index is 546. The number of likely N-dealkylation sites (tertiary alicyclic amines) is 1. The molecule has 0 atom stereocenters. The number of benzene rings is 1. The molecule has 4 nitrogen and oxygen atoms in total. The number of hydrogen-bond acceptors (Lipinski definition) is 3. The fourth-order valence-corrected chi connectivity index (χ4v) is 4.33. The Labute approximate surface area is 120 Å². The average molecular weight is 295 g/mol. The van der Waals surface area contributed by atoms with Gasteiger partial charge in [0.2, 0.25) is 5.91 Å². The first-order chi connectivity index (χ1) is 9.53. The number of carbonyl (C=O) groups excluding carboxylic acids is 1. The van der Waals surface area contributed by atoms with Gasteiger partial charge in [0, 0.05) is 19.5 Å². The van der Waals surface area contributed by atoms with Crippen molar-refractivity contribution in [2.45, 2.75) is 31.1 Å². The van der Waals surface area contributed by atoms with Crippen LogP contribution < -0.4 is 0 Å². The smallest absolute Gasteiger partial charge is 0.222 e. The van der Waals surface area contributed by atoms with E-state index in [-0.39, 0.29) is 17.6 Å². The molecule has 1 aliphatic heterocycles. The number of hydrogen-bond donors (Lipinski definition) is 0. The highest BCUT2D eigenvalue weighted by atomic mass is 32.2. The molecule has 1 saturated heterocycles. The van der Waals surface area contributed by atoms with Crippen LogP contribution in [0.2, 0.25) is 0 Å². The maximum Gasteiger partial charge on any atom is 0.222 e. The summed E-state index contributed by atoms with van der Waals surface area (Å²) >= 11 is 0. The number of nitrogens with zero attached hydrogens (tertiary/aromatic N) is 1. The minimum atomic E-state index is -3.21. The molecule has 1 heterocycles. The van der Waals surface area contributed by atoms with Gasteiger partial charge in [0.15, 0.2) is 9.84 Å². The van der Waals surface area contributed by atoms with Crippen molar-refractivity contribution in [2.24, 2.45) is 5.92 Å². The third kappa shape index (κ3) is 3.60. The first-order valence-corrected chi connectivity index (χ1v) is 8.73. The van der Waals surface area contributed by atoms with Crippen LogP contribution in [0.1, 0.15) is 26.2 Å². The summed E-state index contributed by atoms with van der Waals surface area (Å²) in [6, 6.07) is 8.59. The molecule has 2 rings (SSSR count). The van der Waals surface area contributed by atoms with E-state index in [4.69, 9.17) is 0 Å². The second kappa shape index (κ2) is 6.39. The summed E-state index contributed by atoms with van der Waals surface area (Å²) in [6.07, 6.45) is 2.07. The van der Waals surface area contributed by atoms with Crippen LogP contribution in [0.25, 0.3) is 0 Å². The van der Waals surface area contributed by atoms with Gasteiger partial charge in [0.1, 0.15) is 0 Å². The average Bonchev–Trinajstić information content (AvgIpc) is 2.48. The molecule has 20 heavy (non-hydrogen) atoms. The third-order valence-corrected chi connectivity index (χ3v) is 5.73. The quantitative estimate of drug-likeness (QED) is 0.855. The molecule has 0 radical (unpaired) electrons. The molecule has 0 saturated carbocycles. The van der Waals surface area contributed by atoms with E-state index in [0.29, 0.717) is 24.4 Å². The Hall–Kier alpha value is -1.36. The first-order valence-electron chi connectivity index (χ1n) is 7.08. The summed E-state index contributed by atoms with van der Waals surface area (Å²) in [7, 11) is -3.21. The van der Waals surface area contributed by atoms with Gasteiger partial charge in [-0.2, -0.15) is 0 Å². The first kappa shape index (κ1) is 15.0. The summed E-state index contributed by atoms with van der Waals surface area (Å²) in [5.41, 5.74) is 0. The van der Waals surface area contributed by atoms with Gasteiger partial charge in [0.05, 0.1) is 10.6 Å². The molecule has 0 bridgehead atoms. The van der Waals surface area contributed by atoms with Crippen molar-refractivity contribution in [1.29, 1.82) is 0 Å². The topological polar surface area (TPSA) is 54.5 Å². The van der Waals surface area contributed by atoms with Crippen molar-refractivity contribution in [3.8, 4) is 0 Å². The van der Waals surface area contributed by atoms with E-state index >= 15 is 0 Å². The van der Waals surface area contributed by atoms with Crippen molar-refractivity contribution in [2.75, 3.05) is 18.8 Å². The molecule has 0 spiro atoms. The molecule has 1 amide bonds. The standard InChI is InChI=1S/C15H21NO3S/c1-2-15(17)16-10-8-13(9-11-16)12-20(18,19)14-6-4-3-5-7-14/h3-7,13H,2,8-12H2,1H3. The molecule has 5 heteroatoms. The van der Waals surface area contributed by atoms with Crippen molar-refractivity contribution in [3.63, 3.8) is 0 Å². The number of amides is 1. The number of sulfone groups is 1. The van der Waals surface area contributed by atoms with Crippen LogP contribution in [0.15, 0.2) is 35.2 Å². The Morgan fingerprint density at radius 1 is 1.20 bits per heavy atom. The highest BCUT2D eigenvalue weighted by molar-refractivity contribution is 7.91. The molecule has 0 unspecified atom stereocenters. The van der Waals surface area contributed by atoms with Gasteiger partial charge < -0.3 is 4.90 Å². The lowest BCUT2D eigenvalue weighted by atomic mass is 9.99. The summed E-state index contributed by atoms with van der Waals surface area (Å²) in [5, 5.41) is 0. The predicted molar refractivity (Wildman–Crippen MR) is 78.1 cm³/mol. The SMILES string of the molecule is CCC(=O)N1CCC(CS(=O)(=O)c2ccccc2)CC1. The third-order valence-electron chi connectivity index (χ3n) is 3.83. The van der Waals surface area contributed by atoms with Gasteiger partial charge in [-0.15, -0.1) is 0 Å². The van der Waals surface area contributed by atoms with E-state index in [1.54, 1.807) is 24.3 Å². The highest BCUT2D eigenvalue weighted by Gasteiger charge is 2.26. The molecule has 1 fully saturated rings. The van der Waals surface area contributed by atoms with E-state index in [0.717, 1.165) is 12.8 Å². The Morgan fingerprint density at radius 2 is 1.80 bits per heavy atom. The second-order valence-corrected chi connectivity index (χ2v) is 7.31. The van der Waals surface area contributed by atoms with Gasteiger partial charge in [-0.3, -0.25) is 4.79 Å². The van der Waals surface area contributed by atoms with E-state index in [9.17, 15) is 13.2 Å². The molecule has 1 aromatic rings. The zero-order valence-corrected chi connectivity index (χ0v) is 12.6. The summed E-state index contributed by atoms with van der Waals surface area (Å²) in [4.78, 5) is 13.8. The summed E-state index contributed by atoms with van der Waals surface area (Å²) in [6.45, 7) is 3.22. The maximum atomic E-state index is 12.3. The fourth-order valence-electron chi connectivity index (χ4n) is 2.61. The molecule has 1 aromatic carbocycles. The second-order valence-electron chi connectivity index (χ2n) is 5.27. The normalized spacial score (nSPS) is 17.1. The summed E-state index contributed by atoms with van der Waals surface area (Å²) in [5.74, 6) is 0.501. The lowest BCUT2D eigenvalue weighted by molar-refractivity contribution is -0.132. The Balaban J connectivity index is 1.94. The summed E-state index contributed by atoms with van der Waals surface area (Å²) < 4.78 is 24.6. The zero-order valence-electron chi connectivity index (χ0n) is 11.8. The van der Waals surface area contributed by atoms with Crippen molar-refractivity contribution in [1.82, 2.24) is 4.90 Å². The van der Waals surface area contributed by atoms with Gasteiger partial charge in [-0.25, -0.2) is 8.42 Å². The molecule has 1 aliphatic rings. The van der Waals surface area contributed by atoms with E-state index in [1.807, 2.05) is 17.9 Å². The van der Waals surface area contributed by atoms with Gasteiger partial charge >= 0.3 is 0 Å². The molecule has 0 N–H and O–H groups in total. The van der Waals surface area contributed by atoms with E-state index in [2.05, 4.69) is 0 Å². The molecular weight excluding hydrogens is 274 g/mol. The van der Waals surface area contributed by atoms with Gasteiger partial charge in [0.25, 0.3) is 0 Å². The van der Waals surface area contributed by atoms with Gasteiger partial charge in [-0.05, 0) is 30.9 Å². The maximum absolute atomic E-state index is 12.3. The Kier molecular flexibility index (Phi) is 4.81. The minimum absolute atomic E-state index is 0.154. The number of piperidine rings is 1. The van der Waals surface area contributed by atoms with Crippen LogP contribution in [0, 0.1) is 5.92 Å². The fraction of sp³-hybridized carbons (Fsp3) is 0.533. The predicted octanol–water partition coefficient (Wildman–Crippen LogP) is 2.11. The lowest BCUT2D eigenvalue weighted by Crippen LogP contribution is -2.39. The van der Waals surface area contributed by atoms with Crippen molar-refractivity contribution in [3.05, 3.63) is 30.3 Å². The van der Waals surface area contributed by atoms with E-state index < -0.39 is 9.84 Å². The van der Waals surface area contributed by atoms with Crippen LogP contribution in [-0.2, 0) is 14.6 Å². The highest BCUT2D eigenvalue weighted by Crippen LogP contribution is 2.22. The molecular formula is C15H21NO3S. The molecule has 0 aliphatic carbocycles. The van der Waals surface area contributed by atoms with Crippen LogP contribution >= 0.6 is 0 Å². The number of carbonyl (C=O) groups is 1. The van der Waals surface area contributed by atoms with Crippen LogP contribution in [0.3, 0.4) is 0 Å². The molecule has 110 valence electrons. The van der Waals surface area contributed by atoms with Crippen LogP contribution in [0.4, 0.5) is 0 Å². The van der Waals surface area contributed by atoms with E-state index in [1.165, 1.54) is 0 Å². The molecule has 0 aromatic heterocycles. The largest absolute Gasteiger partial charge is 0.343 e. The number of rotatable bonds is 4. The lowest BCUT2D eigenvalue weighted by Gasteiger charge is -2.31. The zero-order chi connectivity index (χ0) is 14.6. The van der Waals surface area contributed by atoms with Crippen molar-refractivity contribution < 1.29 is 13.2 Å².